The van der Waals surface area contributed by atoms with Crippen molar-refractivity contribution in [2.45, 2.75) is 13.5 Å². The third-order valence-electron chi connectivity index (χ3n) is 5.75. The van der Waals surface area contributed by atoms with Gasteiger partial charge >= 0.3 is 6.03 Å². The van der Waals surface area contributed by atoms with Gasteiger partial charge in [0.15, 0.2) is 0 Å². The first-order valence-corrected chi connectivity index (χ1v) is 9.83. The van der Waals surface area contributed by atoms with Crippen molar-refractivity contribution in [1.82, 2.24) is 19.6 Å². The minimum Gasteiger partial charge on any atom is -0.322 e. The second-order valence-electron chi connectivity index (χ2n) is 7.75. The zero-order chi connectivity index (χ0) is 19.8. The van der Waals surface area contributed by atoms with Gasteiger partial charge in [0.1, 0.15) is 0 Å². The molecule has 0 spiro atoms. The van der Waals surface area contributed by atoms with Gasteiger partial charge in [-0.25, -0.2) is 4.79 Å². The lowest BCUT2D eigenvalue weighted by Crippen LogP contribution is -2.36. The summed E-state index contributed by atoms with van der Waals surface area (Å²) in [5.41, 5.74) is 1.84. The summed E-state index contributed by atoms with van der Waals surface area (Å²) in [6, 6.07) is 7.86. The minimum absolute atomic E-state index is 0.0949. The summed E-state index contributed by atoms with van der Waals surface area (Å²) in [5.74, 6) is 0.874. The predicted octanol–water partition coefficient (Wildman–Crippen LogP) is 2.55. The van der Waals surface area contributed by atoms with Crippen molar-refractivity contribution in [3.8, 4) is 0 Å². The van der Waals surface area contributed by atoms with Crippen molar-refractivity contribution >= 4 is 29.2 Å². The molecule has 8 heteroatoms. The van der Waals surface area contributed by atoms with E-state index < -0.39 is 0 Å². The zero-order valence-electron chi connectivity index (χ0n) is 16.1. The number of rotatable bonds is 3. The number of anilines is 1. The van der Waals surface area contributed by atoms with Crippen molar-refractivity contribution in [3.05, 3.63) is 47.2 Å². The van der Waals surface area contributed by atoms with E-state index in [9.17, 15) is 9.59 Å². The number of benzene rings is 1. The molecule has 0 bridgehead atoms. The first kappa shape index (κ1) is 19.0. The number of nitrogens with zero attached hydrogens (tertiary/aromatic N) is 5. The number of fused-ring (bicyclic) bond motifs is 1. The molecule has 2 amide bonds. The van der Waals surface area contributed by atoms with Gasteiger partial charge in [0.25, 0.3) is 0 Å². The van der Waals surface area contributed by atoms with Gasteiger partial charge in [-0.05, 0) is 29.5 Å². The predicted molar refractivity (Wildman–Crippen MR) is 107 cm³/mol. The quantitative estimate of drug-likeness (QED) is 0.793. The monoisotopic (exact) mass is 401 g/mol. The third kappa shape index (κ3) is 3.77. The molecule has 2 unspecified atom stereocenters. The summed E-state index contributed by atoms with van der Waals surface area (Å²) in [5, 5.41) is 4.91. The molecule has 7 nitrogen and oxygen atoms in total. The fraction of sp³-hybridized carbons (Fsp3) is 0.450. The van der Waals surface area contributed by atoms with Crippen molar-refractivity contribution in [2.75, 3.05) is 38.1 Å². The molecule has 28 heavy (non-hydrogen) atoms. The molecular formula is C20H24ClN5O2. The van der Waals surface area contributed by atoms with Crippen LogP contribution in [-0.2, 0) is 11.3 Å². The molecule has 0 saturated carbocycles. The SMILES string of the molecule is CC(=O)N(C)c1cnn(C(=O)N2CC3CN(Cc4cccc(Cl)c4)CC3C2)c1. The normalized spacial score (nSPS) is 21.8. The molecule has 2 saturated heterocycles. The summed E-state index contributed by atoms with van der Waals surface area (Å²) in [4.78, 5) is 30.1. The Kier molecular flexibility index (Phi) is 5.12. The lowest BCUT2D eigenvalue weighted by atomic mass is 10.0. The molecule has 2 aliphatic heterocycles. The van der Waals surface area contributed by atoms with Crippen molar-refractivity contribution in [2.24, 2.45) is 11.8 Å². The standard InChI is InChI=1S/C20H24ClN5O2/c1-14(27)23(2)19-7-22-26(13-19)20(28)25-11-16-9-24(10-17(16)12-25)8-15-4-3-5-18(21)6-15/h3-7,13,16-17H,8-12H2,1-2H3. The highest BCUT2D eigenvalue weighted by Gasteiger charge is 2.41. The maximum absolute atomic E-state index is 12.8. The number of hydrogen-bond donors (Lipinski definition) is 0. The maximum atomic E-state index is 12.8. The third-order valence-corrected chi connectivity index (χ3v) is 5.99. The van der Waals surface area contributed by atoms with Crippen LogP contribution in [-0.4, -0.2) is 64.7 Å². The summed E-state index contributed by atoms with van der Waals surface area (Å²) in [6.45, 7) is 5.83. The molecular weight excluding hydrogens is 378 g/mol. The summed E-state index contributed by atoms with van der Waals surface area (Å²) < 4.78 is 1.33. The van der Waals surface area contributed by atoms with Gasteiger partial charge in [-0.1, -0.05) is 23.7 Å². The van der Waals surface area contributed by atoms with Crippen LogP contribution in [0.5, 0.6) is 0 Å². The zero-order valence-corrected chi connectivity index (χ0v) is 16.8. The maximum Gasteiger partial charge on any atom is 0.344 e. The molecule has 1 aromatic heterocycles. The van der Waals surface area contributed by atoms with Crippen molar-refractivity contribution in [1.29, 1.82) is 0 Å². The first-order valence-electron chi connectivity index (χ1n) is 9.46. The van der Waals surface area contributed by atoms with Crippen LogP contribution >= 0.6 is 11.6 Å². The Balaban J connectivity index is 1.35. The smallest absolute Gasteiger partial charge is 0.322 e. The van der Waals surface area contributed by atoms with E-state index in [0.717, 1.165) is 37.7 Å². The van der Waals surface area contributed by atoms with E-state index >= 15 is 0 Å². The molecule has 2 fully saturated rings. The molecule has 2 atom stereocenters. The van der Waals surface area contributed by atoms with Gasteiger partial charge in [-0.3, -0.25) is 9.69 Å². The van der Waals surface area contributed by atoms with Crippen LogP contribution in [0.25, 0.3) is 0 Å². The van der Waals surface area contributed by atoms with Crippen LogP contribution in [0, 0.1) is 11.8 Å². The Bertz CT molecular complexity index is 884. The van der Waals surface area contributed by atoms with Gasteiger partial charge < -0.3 is 9.80 Å². The Labute approximate surface area is 169 Å². The number of aromatic nitrogens is 2. The van der Waals surface area contributed by atoms with Crippen LogP contribution in [0.15, 0.2) is 36.7 Å². The fourth-order valence-electron chi connectivity index (χ4n) is 4.19. The van der Waals surface area contributed by atoms with Crippen LogP contribution in [0.4, 0.5) is 10.5 Å². The number of likely N-dealkylation sites (tertiary alicyclic amines) is 2. The minimum atomic E-state index is -0.126. The Morgan fingerprint density at radius 3 is 2.57 bits per heavy atom. The van der Waals surface area contributed by atoms with E-state index in [0.29, 0.717) is 17.5 Å². The molecule has 0 radical (unpaired) electrons. The van der Waals surface area contributed by atoms with Crippen LogP contribution in [0.1, 0.15) is 12.5 Å². The van der Waals surface area contributed by atoms with E-state index in [4.69, 9.17) is 11.6 Å². The Hall–Kier alpha value is -2.38. The van der Waals surface area contributed by atoms with Gasteiger partial charge in [0, 0.05) is 51.7 Å². The molecule has 2 aliphatic rings. The number of halogens is 1. The summed E-state index contributed by atoms with van der Waals surface area (Å²) in [7, 11) is 1.67. The van der Waals surface area contributed by atoms with E-state index in [1.807, 2.05) is 23.1 Å². The number of amides is 2. The van der Waals surface area contributed by atoms with Crippen molar-refractivity contribution < 1.29 is 9.59 Å². The Morgan fingerprint density at radius 1 is 1.21 bits per heavy atom. The van der Waals surface area contributed by atoms with E-state index in [1.54, 1.807) is 19.4 Å². The average Bonchev–Trinajstić information content (AvgIpc) is 3.35. The second-order valence-corrected chi connectivity index (χ2v) is 8.19. The number of carbonyl (C=O) groups excluding carboxylic acids is 2. The molecule has 1 aromatic carbocycles. The van der Waals surface area contributed by atoms with E-state index in [1.165, 1.54) is 22.1 Å². The fourth-order valence-corrected chi connectivity index (χ4v) is 4.40. The second kappa shape index (κ2) is 7.56. The van der Waals surface area contributed by atoms with E-state index in [-0.39, 0.29) is 11.9 Å². The summed E-state index contributed by atoms with van der Waals surface area (Å²) in [6.07, 6.45) is 3.16. The molecule has 0 aliphatic carbocycles. The first-order chi connectivity index (χ1) is 13.4. The van der Waals surface area contributed by atoms with Crippen LogP contribution in [0.2, 0.25) is 5.02 Å². The highest BCUT2D eigenvalue weighted by Crippen LogP contribution is 2.32. The lowest BCUT2D eigenvalue weighted by Gasteiger charge is -2.21. The van der Waals surface area contributed by atoms with Crippen LogP contribution < -0.4 is 4.90 Å². The Morgan fingerprint density at radius 2 is 1.93 bits per heavy atom. The van der Waals surface area contributed by atoms with Gasteiger partial charge in [-0.2, -0.15) is 9.78 Å². The van der Waals surface area contributed by atoms with Gasteiger partial charge in [-0.15, -0.1) is 0 Å². The molecule has 2 aromatic rings. The molecule has 148 valence electrons. The topological polar surface area (TPSA) is 61.7 Å². The lowest BCUT2D eigenvalue weighted by molar-refractivity contribution is -0.116. The average molecular weight is 402 g/mol. The van der Waals surface area contributed by atoms with E-state index in [2.05, 4.69) is 16.1 Å². The largest absolute Gasteiger partial charge is 0.344 e. The summed E-state index contributed by atoms with van der Waals surface area (Å²) >= 11 is 6.08. The highest BCUT2D eigenvalue weighted by atomic mass is 35.5. The van der Waals surface area contributed by atoms with Gasteiger partial charge in [0.05, 0.1) is 18.1 Å². The van der Waals surface area contributed by atoms with Crippen molar-refractivity contribution in [3.63, 3.8) is 0 Å². The molecule has 3 heterocycles. The van der Waals surface area contributed by atoms with Gasteiger partial charge in [0.2, 0.25) is 5.91 Å². The number of carbonyl (C=O) groups is 2. The number of hydrogen-bond acceptors (Lipinski definition) is 4. The molecule has 4 rings (SSSR count). The molecule has 0 N–H and O–H groups in total. The van der Waals surface area contributed by atoms with Crippen LogP contribution in [0.3, 0.4) is 0 Å². The highest BCUT2D eigenvalue weighted by molar-refractivity contribution is 6.30.